The lowest BCUT2D eigenvalue weighted by atomic mass is 10.2. The fourth-order valence-electron chi connectivity index (χ4n) is 0.859. The van der Waals surface area contributed by atoms with Crippen molar-refractivity contribution in [3.8, 4) is 5.75 Å². The Morgan fingerprint density at radius 1 is 1.62 bits per heavy atom. The van der Waals surface area contributed by atoms with Gasteiger partial charge in [0.2, 0.25) is 0 Å². The molecule has 1 aromatic rings. The molecule has 0 N–H and O–H groups in total. The third kappa shape index (κ3) is 2.19. The zero-order valence-corrected chi connectivity index (χ0v) is 9.44. The number of alkyl halides is 2. The largest absolute Gasteiger partial charge is 0.493 e. The predicted molar refractivity (Wildman–Crippen MR) is 53.5 cm³/mol. The number of rotatable bonds is 2. The van der Waals surface area contributed by atoms with Crippen molar-refractivity contribution in [2.24, 2.45) is 0 Å². The van der Waals surface area contributed by atoms with Crippen molar-refractivity contribution in [3.05, 3.63) is 20.5 Å². The van der Waals surface area contributed by atoms with Crippen LogP contribution in [0.3, 0.4) is 0 Å². The van der Waals surface area contributed by atoms with E-state index in [-0.39, 0.29) is 16.3 Å². The van der Waals surface area contributed by atoms with Gasteiger partial charge in [0.15, 0.2) is 5.75 Å². The molecule has 0 aromatic carbocycles. The van der Waals surface area contributed by atoms with E-state index in [0.717, 1.165) is 0 Å². The van der Waals surface area contributed by atoms with E-state index in [1.807, 2.05) is 22.6 Å². The van der Waals surface area contributed by atoms with Crippen molar-refractivity contribution in [1.82, 2.24) is 4.98 Å². The fourth-order valence-corrected chi connectivity index (χ4v) is 1.73. The third-order valence-electron chi connectivity index (χ3n) is 1.40. The van der Waals surface area contributed by atoms with Crippen LogP contribution in [0.15, 0.2) is 6.20 Å². The van der Waals surface area contributed by atoms with Gasteiger partial charge in [-0.15, -0.1) is 0 Å². The lowest BCUT2D eigenvalue weighted by Gasteiger charge is -2.09. The zero-order chi connectivity index (χ0) is 10.0. The van der Waals surface area contributed by atoms with Gasteiger partial charge >= 0.3 is 0 Å². The van der Waals surface area contributed by atoms with E-state index in [9.17, 15) is 8.78 Å². The lowest BCUT2D eigenvalue weighted by Crippen LogP contribution is -1.98. The topological polar surface area (TPSA) is 22.1 Å². The van der Waals surface area contributed by atoms with Gasteiger partial charge in [-0.25, -0.2) is 13.8 Å². The van der Waals surface area contributed by atoms with Crippen molar-refractivity contribution < 1.29 is 13.5 Å². The molecule has 0 saturated carbocycles. The number of pyridine rings is 1. The van der Waals surface area contributed by atoms with Gasteiger partial charge in [-0.05, 0) is 22.6 Å². The summed E-state index contributed by atoms with van der Waals surface area (Å²) in [5.41, 5.74) is -0.302. The number of halogens is 4. The molecule has 2 nitrogen and oxygen atoms in total. The van der Waals surface area contributed by atoms with E-state index in [4.69, 9.17) is 16.3 Å². The minimum atomic E-state index is -2.65. The second-order valence-corrected chi connectivity index (χ2v) is 3.57. The SMILES string of the molecule is COc1c(I)ncc(Cl)c1C(F)F. The van der Waals surface area contributed by atoms with Gasteiger partial charge in [0.05, 0.1) is 17.7 Å². The van der Waals surface area contributed by atoms with E-state index in [0.29, 0.717) is 3.70 Å². The number of hydrogen-bond donors (Lipinski definition) is 0. The van der Waals surface area contributed by atoms with Gasteiger partial charge in [-0.3, -0.25) is 0 Å². The normalized spacial score (nSPS) is 10.6. The quantitative estimate of drug-likeness (QED) is 0.616. The van der Waals surface area contributed by atoms with Crippen LogP contribution in [-0.4, -0.2) is 12.1 Å². The van der Waals surface area contributed by atoms with Crippen LogP contribution < -0.4 is 4.74 Å². The molecule has 0 aliphatic heterocycles. The van der Waals surface area contributed by atoms with Gasteiger partial charge in [-0.1, -0.05) is 11.6 Å². The van der Waals surface area contributed by atoms with E-state index in [1.54, 1.807) is 0 Å². The standard InChI is InChI=1S/C7H5ClF2INO/c1-13-5-4(6(9)10)3(8)2-12-7(5)11/h2,6H,1H3. The molecule has 0 atom stereocenters. The molecule has 0 radical (unpaired) electrons. The number of ether oxygens (including phenoxy) is 1. The van der Waals surface area contributed by atoms with Gasteiger partial charge in [0.1, 0.15) is 3.70 Å². The smallest absolute Gasteiger partial charge is 0.269 e. The molecule has 0 fully saturated rings. The van der Waals surface area contributed by atoms with Crippen molar-refractivity contribution >= 4 is 34.2 Å². The van der Waals surface area contributed by atoms with Crippen molar-refractivity contribution in [2.75, 3.05) is 7.11 Å². The van der Waals surface area contributed by atoms with Crippen LogP contribution in [0.1, 0.15) is 12.0 Å². The molecule has 0 saturated heterocycles. The van der Waals surface area contributed by atoms with Crippen LogP contribution in [0.25, 0.3) is 0 Å². The molecule has 0 bridgehead atoms. The first kappa shape index (κ1) is 10.9. The van der Waals surface area contributed by atoms with E-state index in [1.165, 1.54) is 13.3 Å². The maximum absolute atomic E-state index is 12.5. The highest BCUT2D eigenvalue weighted by molar-refractivity contribution is 14.1. The number of hydrogen-bond acceptors (Lipinski definition) is 2. The summed E-state index contributed by atoms with van der Waals surface area (Å²) in [5.74, 6) is 0.0445. The first-order valence-corrected chi connectivity index (χ1v) is 4.69. The molecule has 0 amide bonds. The van der Waals surface area contributed by atoms with Crippen LogP contribution in [-0.2, 0) is 0 Å². The predicted octanol–water partition coefficient (Wildman–Crippen LogP) is 3.29. The second kappa shape index (κ2) is 4.36. The Kier molecular flexibility index (Phi) is 3.66. The first-order chi connectivity index (χ1) is 6.07. The first-order valence-electron chi connectivity index (χ1n) is 3.24. The molecule has 6 heteroatoms. The Morgan fingerprint density at radius 2 is 2.23 bits per heavy atom. The Labute approximate surface area is 92.4 Å². The summed E-state index contributed by atoms with van der Waals surface area (Å²) in [6, 6.07) is 0. The minimum Gasteiger partial charge on any atom is -0.493 e. The monoisotopic (exact) mass is 319 g/mol. The summed E-state index contributed by atoms with van der Waals surface area (Å²) >= 11 is 7.36. The van der Waals surface area contributed by atoms with E-state index < -0.39 is 6.43 Å². The van der Waals surface area contributed by atoms with Gasteiger partial charge in [0, 0.05) is 6.20 Å². The second-order valence-electron chi connectivity index (χ2n) is 2.14. The van der Waals surface area contributed by atoms with Crippen molar-refractivity contribution in [1.29, 1.82) is 0 Å². The Hall–Kier alpha value is -0.170. The van der Waals surface area contributed by atoms with Crippen molar-refractivity contribution in [3.63, 3.8) is 0 Å². The lowest BCUT2D eigenvalue weighted by molar-refractivity contribution is 0.147. The third-order valence-corrected chi connectivity index (χ3v) is 2.47. The summed E-state index contributed by atoms with van der Waals surface area (Å²) in [4.78, 5) is 3.79. The average Bonchev–Trinajstić information content (AvgIpc) is 2.07. The molecular weight excluding hydrogens is 314 g/mol. The average molecular weight is 319 g/mol. The maximum atomic E-state index is 12.5. The van der Waals surface area contributed by atoms with Crippen molar-refractivity contribution in [2.45, 2.75) is 6.43 Å². The molecule has 0 spiro atoms. The summed E-state index contributed by atoms with van der Waals surface area (Å²) in [6.45, 7) is 0. The Bertz CT molecular complexity index is 322. The molecule has 1 rings (SSSR count). The Morgan fingerprint density at radius 3 is 2.62 bits per heavy atom. The highest BCUT2D eigenvalue weighted by Crippen LogP contribution is 2.36. The van der Waals surface area contributed by atoms with Crippen LogP contribution >= 0.6 is 34.2 Å². The van der Waals surface area contributed by atoms with E-state index >= 15 is 0 Å². The molecule has 0 aliphatic carbocycles. The van der Waals surface area contributed by atoms with Gasteiger partial charge < -0.3 is 4.74 Å². The summed E-state index contributed by atoms with van der Waals surface area (Å²) in [6.07, 6.45) is -1.47. The molecule has 13 heavy (non-hydrogen) atoms. The van der Waals surface area contributed by atoms with Crippen LogP contribution in [0.2, 0.25) is 5.02 Å². The highest BCUT2D eigenvalue weighted by atomic mass is 127. The number of methoxy groups -OCH3 is 1. The Balaban J connectivity index is 3.35. The van der Waals surface area contributed by atoms with Gasteiger partial charge in [-0.2, -0.15) is 0 Å². The van der Waals surface area contributed by atoms with E-state index in [2.05, 4.69) is 4.98 Å². The van der Waals surface area contributed by atoms with Crippen LogP contribution in [0.4, 0.5) is 8.78 Å². The van der Waals surface area contributed by atoms with Crippen LogP contribution in [0, 0.1) is 3.70 Å². The number of aromatic nitrogens is 1. The summed E-state index contributed by atoms with van der Waals surface area (Å²) < 4.78 is 30.1. The fraction of sp³-hybridized carbons (Fsp3) is 0.286. The summed E-state index contributed by atoms with van der Waals surface area (Å²) in [7, 11) is 1.31. The number of nitrogens with zero attached hydrogens (tertiary/aromatic N) is 1. The molecule has 72 valence electrons. The maximum Gasteiger partial charge on any atom is 0.269 e. The zero-order valence-electron chi connectivity index (χ0n) is 6.52. The minimum absolute atomic E-state index is 0.0445. The summed E-state index contributed by atoms with van der Waals surface area (Å²) in [5, 5.41) is -0.0766. The molecule has 0 aliphatic rings. The highest BCUT2D eigenvalue weighted by Gasteiger charge is 2.20. The molecule has 0 unspecified atom stereocenters. The molecule has 1 aromatic heterocycles. The van der Waals surface area contributed by atoms with Gasteiger partial charge in [0.25, 0.3) is 6.43 Å². The molecular formula is C7H5ClF2INO. The molecule has 1 heterocycles. The van der Waals surface area contributed by atoms with Crippen LogP contribution in [0.5, 0.6) is 5.75 Å².